The summed E-state index contributed by atoms with van der Waals surface area (Å²) in [5, 5.41) is 12.8. The van der Waals surface area contributed by atoms with Gasteiger partial charge in [0, 0.05) is 5.92 Å². The molecule has 2 unspecified atom stereocenters. The van der Waals surface area contributed by atoms with E-state index >= 15 is 0 Å². The fourth-order valence-corrected chi connectivity index (χ4v) is 3.21. The summed E-state index contributed by atoms with van der Waals surface area (Å²) in [6.07, 6.45) is 9.08. The van der Waals surface area contributed by atoms with Crippen molar-refractivity contribution >= 4 is 5.91 Å². The van der Waals surface area contributed by atoms with Crippen molar-refractivity contribution in [2.75, 3.05) is 6.54 Å². The van der Waals surface area contributed by atoms with E-state index in [1.165, 1.54) is 38.4 Å². The summed E-state index contributed by atoms with van der Waals surface area (Å²) in [6, 6.07) is 3.45. The molecule has 2 N–H and O–H groups in total. The first kappa shape index (κ1) is 16.1. The molecule has 1 aromatic rings. The average Bonchev–Trinajstić information content (AvgIpc) is 3.05. The topological polar surface area (TPSA) is 62.5 Å². The van der Waals surface area contributed by atoms with Gasteiger partial charge in [-0.15, -0.1) is 0 Å². The molecule has 1 amide bonds. The normalized spacial score (nSPS) is 19.1. The van der Waals surface area contributed by atoms with Crippen LogP contribution in [0.3, 0.4) is 0 Å². The highest BCUT2D eigenvalue weighted by Crippen LogP contribution is 2.30. The zero-order valence-corrected chi connectivity index (χ0v) is 12.9. The molecule has 2 rings (SSSR count). The molecule has 118 valence electrons. The Morgan fingerprint density at radius 1 is 1.43 bits per heavy atom. The monoisotopic (exact) mass is 293 g/mol. The Labute approximate surface area is 126 Å². The molecule has 1 aromatic heterocycles. The van der Waals surface area contributed by atoms with Gasteiger partial charge in [0.1, 0.15) is 11.9 Å². The van der Waals surface area contributed by atoms with Crippen LogP contribution in [0.1, 0.15) is 63.7 Å². The summed E-state index contributed by atoms with van der Waals surface area (Å²) in [5.41, 5.74) is 0. The van der Waals surface area contributed by atoms with Crippen LogP contribution in [-0.4, -0.2) is 17.6 Å². The largest absolute Gasteiger partial charge is 0.467 e. The molecule has 1 aliphatic carbocycles. The lowest BCUT2D eigenvalue weighted by Gasteiger charge is -2.25. The number of rotatable bonds is 7. The smallest absolute Gasteiger partial charge is 0.223 e. The van der Waals surface area contributed by atoms with Crippen molar-refractivity contribution in [1.82, 2.24) is 5.32 Å². The summed E-state index contributed by atoms with van der Waals surface area (Å²) in [6.45, 7) is 2.28. The summed E-state index contributed by atoms with van der Waals surface area (Å²) in [4.78, 5) is 12.3. The Morgan fingerprint density at radius 2 is 2.19 bits per heavy atom. The van der Waals surface area contributed by atoms with Crippen molar-refractivity contribution in [2.45, 2.75) is 58.0 Å². The van der Waals surface area contributed by atoms with Gasteiger partial charge >= 0.3 is 0 Å². The van der Waals surface area contributed by atoms with Crippen LogP contribution in [0, 0.1) is 11.8 Å². The van der Waals surface area contributed by atoms with Crippen molar-refractivity contribution in [3.63, 3.8) is 0 Å². The third-order valence-electron chi connectivity index (χ3n) is 4.55. The van der Waals surface area contributed by atoms with Gasteiger partial charge in [-0.05, 0) is 30.9 Å². The number of nitrogens with one attached hydrogen (secondary N) is 1. The minimum absolute atomic E-state index is 0.0636. The SMILES string of the molecule is CCC(CC1CCCCC1)C(=O)NCC(O)c1ccco1. The Bertz CT molecular complexity index is 410. The molecule has 0 aliphatic heterocycles. The maximum atomic E-state index is 12.3. The van der Waals surface area contributed by atoms with Gasteiger partial charge in [-0.1, -0.05) is 39.0 Å². The van der Waals surface area contributed by atoms with Gasteiger partial charge in [-0.2, -0.15) is 0 Å². The van der Waals surface area contributed by atoms with E-state index in [1.807, 2.05) is 0 Å². The maximum Gasteiger partial charge on any atom is 0.223 e. The van der Waals surface area contributed by atoms with E-state index in [9.17, 15) is 9.90 Å². The number of amides is 1. The van der Waals surface area contributed by atoms with Gasteiger partial charge in [0.2, 0.25) is 5.91 Å². The van der Waals surface area contributed by atoms with Gasteiger partial charge in [0.15, 0.2) is 0 Å². The number of aliphatic hydroxyl groups excluding tert-OH is 1. The van der Waals surface area contributed by atoms with Gasteiger partial charge in [0.05, 0.1) is 12.8 Å². The zero-order valence-electron chi connectivity index (χ0n) is 12.9. The minimum atomic E-state index is -0.767. The molecule has 4 nitrogen and oxygen atoms in total. The number of hydrogen-bond acceptors (Lipinski definition) is 3. The second kappa shape index (κ2) is 8.23. The van der Waals surface area contributed by atoms with E-state index in [4.69, 9.17) is 4.42 Å². The Hall–Kier alpha value is -1.29. The molecule has 4 heteroatoms. The van der Waals surface area contributed by atoms with Crippen LogP contribution in [0.15, 0.2) is 22.8 Å². The van der Waals surface area contributed by atoms with Gasteiger partial charge < -0.3 is 14.8 Å². The highest BCUT2D eigenvalue weighted by molar-refractivity contribution is 5.78. The lowest BCUT2D eigenvalue weighted by atomic mass is 9.82. The van der Waals surface area contributed by atoms with Crippen LogP contribution in [0.2, 0.25) is 0 Å². The highest BCUT2D eigenvalue weighted by atomic mass is 16.4. The zero-order chi connectivity index (χ0) is 15.1. The van der Waals surface area contributed by atoms with Crippen LogP contribution in [0.5, 0.6) is 0 Å². The first-order valence-corrected chi connectivity index (χ1v) is 8.19. The van der Waals surface area contributed by atoms with Crippen molar-refractivity contribution in [1.29, 1.82) is 0 Å². The summed E-state index contributed by atoms with van der Waals surface area (Å²) in [5.74, 6) is 1.32. The van der Waals surface area contributed by atoms with E-state index in [2.05, 4.69) is 12.2 Å². The summed E-state index contributed by atoms with van der Waals surface area (Å²) in [7, 11) is 0. The average molecular weight is 293 g/mol. The molecule has 0 bridgehead atoms. The van der Waals surface area contributed by atoms with E-state index < -0.39 is 6.10 Å². The lowest BCUT2D eigenvalue weighted by molar-refractivity contribution is -0.126. The molecule has 1 aliphatic rings. The number of carbonyl (C=O) groups excluding carboxylic acids is 1. The number of furan rings is 1. The molecule has 2 atom stereocenters. The molecule has 0 radical (unpaired) electrons. The molecule has 0 saturated heterocycles. The van der Waals surface area contributed by atoms with Crippen molar-refractivity contribution in [2.24, 2.45) is 11.8 Å². The van der Waals surface area contributed by atoms with E-state index in [-0.39, 0.29) is 18.4 Å². The quantitative estimate of drug-likeness (QED) is 0.809. The second-order valence-electron chi connectivity index (χ2n) is 6.12. The van der Waals surface area contributed by atoms with Gasteiger partial charge in [0.25, 0.3) is 0 Å². The summed E-state index contributed by atoms with van der Waals surface area (Å²) >= 11 is 0. The van der Waals surface area contributed by atoms with Crippen molar-refractivity contribution < 1.29 is 14.3 Å². The van der Waals surface area contributed by atoms with Gasteiger partial charge in [-0.25, -0.2) is 0 Å². The lowest BCUT2D eigenvalue weighted by Crippen LogP contribution is -2.34. The molecule has 0 aromatic carbocycles. The first-order valence-electron chi connectivity index (χ1n) is 8.19. The van der Waals surface area contributed by atoms with Crippen LogP contribution >= 0.6 is 0 Å². The van der Waals surface area contributed by atoms with E-state index in [0.717, 1.165) is 12.8 Å². The fraction of sp³-hybridized carbons (Fsp3) is 0.706. The van der Waals surface area contributed by atoms with Crippen LogP contribution < -0.4 is 5.32 Å². The fourth-order valence-electron chi connectivity index (χ4n) is 3.21. The number of hydrogen-bond donors (Lipinski definition) is 2. The predicted molar refractivity (Wildman–Crippen MR) is 81.7 cm³/mol. The third kappa shape index (κ3) is 4.88. The third-order valence-corrected chi connectivity index (χ3v) is 4.55. The Kier molecular flexibility index (Phi) is 6.30. The molecule has 1 fully saturated rings. The van der Waals surface area contributed by atoms with Crippen LogP contribution in [0.25, 0.3) is 0 Å². The molecular formula is C17H27NO3. The highest BCUT2D eigenvalue weighted by Gasteiger charge is 2.23. The Morgan fingerprint density at radius 3 is 2.81 bits per heavy atom. The van der Waals surface area contributed by atoms with E-state index in [0.29, 0.717) is 11.7 Å². The molecule has 21 heavy (non-hydrogen) atoms. The van der Waals surface area contributed by atoms with Crippen molar-refractivity contribution in [3.8, 4) is 0 Å². The predicted octanol–water partition coefficient (Wildman–Crippen LogP) is 3.43. The van der Waals surface area contributed by atoms with Crippen LogP contribution in [-0.2, 0) is 4.79 Å². The first-order chi connectivity index (χ1) is 10.2. The maximum absolute atomic E-state index is 12.3. The van der Waals surface area contributed by atoms with Crippen molar-refractivity contribution in [3.05, 3.63) is 24.2 Å². The van der Waals surface area contributed by atoms with E-state index in [1.54, 1.807) is 12.1 Å². The molecule has 1 saturated carbocycles. The number of aliphatic hydroxyl groups is 1. The standard InChI is InChI=1S/C17H27NO3/c1-2-14(11-13-7-4-3-5-8-13)17(20)18-12-15(19)16-9-6-10-21-16/h6,9-10,13-15,19H,2-5,7-8,11-12H2,1H3,(H,18,20). The summed E-state index contributed by atoms with van der Waals surface area (Å²) < 4.78 is 5.13. The van der Waals surface area contributed by atoms with Gasteiger partial charge in [-0.3, -0.25) is 4.79 Å². The minimum Gasteiger partial charge on any atom is -0.467 e. The molecular weight excluding hydrogens is 266 g/mol. The Balaban J connectivity index is 1.76. The van der Waals surface area contributed by atoms with Crippen LogP contribution in [0.4, 0.5) is 0 Å². The molecule has 0 spiro atoms. The number of carbonyl (C=O) groups is 1. The second-order valence-corrected chi connectivity index (χ2v) is 6.12. The molecule has 1 heterocycles.